The Hall–Kier alpha value is -2.41. The number of likely N-dealkylation sites (tertiary alicyclic amines) is 2. The van der Waals surface area contributed by atoms with Crippen LogP contribution in [0.25, 0.3) is 0 Å². The van der Waals surface area contributed by atoms with E-state index >= 15 is 0 Å². The second-order valence-corrected chi connectivity index (χ2v) is 8.59. The van der Waals surface area contributed by atoms with Crippen molar-refractivity contribution in [1.29, 1.82) is 0 Å². The predicted octanol–water partition coefficient (Wildman–Crippen LogP) is 0.896. The van der Waals surface area contributed by atoms with E-state index in [2.05, 4.69) is 27.7 Å². The number of rotatable bonds is 7. The summed E-state index contributed by atoms with van der Waals surface area (Å²) >= 11 is 0. The van der Waals surface area contributed by atoms with E-state index in [9.17, 15) is 14.4 Å². The van der Waals surface area contributed by atoms with Crippen LogP contribution in [0.5, 0.6) is 0 Å². The van der Waals surface area contributed by atoms with E-state index in [1.54, 1.807) is 0 Å². The molecule has 2 atom stereocenters. The summed E-state index contributed by atoms with van der Waals surface area (Å²) in [5.74, 6) is 0.114. The maximum absolute atomic E-state index is 12.7. The summed E-state index contributed by atoms with van der Waals surface area (Å²) in [6.07, 6.45) is 3.68. The summed E-state index contributed by atoms with van der Waals surface area (Å²) in [6.45, 7) is 4.46. The summed E-state index contributed by atoms with van der Waals surface area (Å²) in [6, 6.07) is 9.82. The van der Waals surface area contributed by atoms with Gasteiger partial charge in [0.05, 0.1) is 5.41 Å². The summed E-state index contributed by atoms with van der Waals surface area (Å²) in [4.78, 5) is 41.0. The van der Waals surface area contributed by atoms with Gasteiger partial charge >= 0.3 is 0 Å². The third-order valence-electron chi connectivity index (χ3n) is 6.46. The average molecular weight is 399 g/mol. The second kappa shape index (κ2) is 8.53. The molecule has 4 rings (SSSR count). The van der Waals surface area contributed by atoms with E-state index in [1.165, 1.54) is 5.56 Å². The molecule has 3 aliphatic rings. The lowest BCUT2D eigenvalue weighted by Gasteiger charge is -2.21. The van der Waals surface area contributed by atoms with Crippen molar-refractivity contribution >= 4 is 17.7 Å². The lowest BCUT2D eigenvalue weighted by Crippen LogP contribution is -2.42. The number of hydrogen-bond acceptors (Lipinski definition) is 4. The largest absolute Gasteiger partial charge is 0.354 e. The first-order valence-electron chi connectivity index (χ1n) is 10.7. The second-order valence-electron chi connectivity index (χ2n) is 8.59. The Kier molecular flexibility index (Phi) is 5.85. The SMILES string of the molecule is O=C(NCCCN1CCCC1=O)[C@@H]1C[C@]2(CCN(Cc3ccccc3)C2)C(=O)N1. The number of amides is 3. The van der Waals surface area contributed by atoms with Gasteiger partial charge in [0.25, 0.3) is 0 Å². The summed E-state index contributed by atoms with van der Waals surface area (Å²) in [5, 5.41) is 5.85. The molecule has 3 amide bonds. The Balaban J connectivity index is 1.23. The minimum absolute atomic E-state index is 0.0101. The van der Waals surface area contributed by atoms with Crippen molar-refractivity contribution in [3.63, 3.8) is 0 Å². The normalized spacial score (nSPS) is 27.0. The van der Waals surface area contributed by atoms with Crippen LogP contribution >= 0.6 is 0 Å². The van der Waals surface area contributed by atoms with Gasteiger partial charge in [-0.3, -0.25) is 19.3 Å². The fourth-order valence-electron chi connectivity index (χ4n) is 4.84. The van der Waals surface area contributed by atoms with Gasteiger partial charge in [0.1, 0.15) is 6.04 Å². The Morgan fingerprint density at radius 2 is 2.03 bits per heavy atom. The van der Waals surface area contributed by atoms with Gasteiger partial charge in [0, 0.05) is 39.1 Å². The first-order chi connectivity index (χ1) is 14.1. The number of carbonyl (C=O) groups is 3. The fourth-order valence-corrected chi connectivity index (χ4v) is 4.84. The van der Waals surface area contributed by atoms with Crippen molar-refractivity contribution in [1.82, 2.24) is 20.4 Å². The standard InChI is InChI=1S/C22H30N4O3/c27-19-8-4-11-26(19)12-5-10-23-20(28)18-14-22(21(29)24-18)9-13-25(16-22)15-17-6-2-1-3-7-17/h1-3,6-7,18H,4-5,8-16H2,(H,23,28)(H,24,29)/t18-,22-/m0/s1. The van der Waals surface area contributed by atoms with Crippen LogP contribution in [0.3, 0.4) is 0 Å². The number of hydrogen-bond donors (Lipinski definition) is 2. The van der Waals surface area contributed by atoms with E-state index < -0.39 is 11.5 Å². The van der Waals surface area contributed by atoms with Crippen LogP contribution in [0.2, 0.25) is 0 Å². The van der Waals surface area contributed by atoms with Crippen molar-refractivity contribution in [3.8, 4) is 0 Å². The van der Waals surface area contributed by atoms with Crippen LogP contribution in [0.4, 0.5) is 0 Å². The molecule has 7 heteroatoms. The maximum atomic E-state index is 12.7. The molecule has 3 aliphatic heterocycles. The minimum atomic E-state index is -0.451. The highest BCUT2D eigenvalue weighted by atomic mass is 16.2. The molecule has 0 bridgehead atoms. The van der Waals surface area contributed by atoms with Crippen LogP contribution in [0, 0.1) is 5.41 Å². The summed E-state index contributed by atoms with van der Waals surface area (Å²) in [7, 11) is 0. The van der Waals surface area contributed by atoms with Gasteiger partial charge in [-0.1, -0.05) is 30.3 Å². The quantitative estimate of drug-likeness (QED) is 0.669. The van der Waals surface area contributed by atoms with E-state index in [0.717, 1.165) is 38.9 Å². The van der Waals surface area contributed by atoms with E-state index in [1.807, 2.05) is 23.1 Å². The number of benzene rings is 1. The zero-order valence-corrected chi connectivity index (χ0v) is 16.9. The van der Waals surface area contributed by atoms with Gasteiger partial charge in [-0.25, -0.2) is 0 Å². The molecule has 0 saturated carbocycles. The van der Waals surface area contributed by atoms with Gasteiger partial charge in [0.15, 0.2) is 0 Å². The molecular formula is C22H30N4O3. The zero-order valence-electron chi connectivity index (χ0n) is 16.9. The van der Waals surface area contributed by atoms with Crippen molar-refractivity contribution in [2.75, 3.05) is 32.7 Å². The molecule has 0 aliphatic carbocycles. The molecule has 0 unspecified atom stereocenters. The molecule has 1 aromatic rings. The molecule has 1 aromatic carbocycles. The first-order valence-corrected chi connectivity index (χ1v) is 10.7. The molecule has 7 nitrogen and oxygen atoms in total. The molecule has 2 N–H and O–H groups in total. The zero-order chi connectivity index (χ0) is 20.3. The molecule has 0 radical (unpaired) electrons. The molecular weight excluding hydrogens is 368 g/mol. The van der Waals surface area contributed by atoms with Gasteiger partial charge in [-0.05, 0) is 37.8 Å². The van der Waals surface area contributed by atoms with Crippen LogP contribution in [-0.4, -0.2) is 66.3 Å². The van der Waals surface area contributed by atoms with Crippen LogP contribution in [0.1, 0.15) is 37.7 Å². The summed E-state index contributed by atoms with van der Waals surface area (Å²) < 4.78 is 0. The third kappa shape index (κ3) is 4.45. The lowest BCUT2D eigenvalue weighted by molar-refractivity contribution is -0.129. The molecule has 3 heterocycles. The molecule has 156 valence electrons. The number of nitrogens with zero attached hydrogens (tertiary/aromatic N) is 2. The van der Waals surface area contributed by atoms with Crippen LogP contribution in [0.15, 0.2) is 30.3 Å². The monoisotopic (exact) mass is 398 g/mol. The number of carbonyl (C=O) groups excluding carboxylic acids is 3. The Labute approximate surface area is 171 Å². The Morgan fingerprint density at radius 3 is 2.79 bits per heavy atom. The van der Waals surface area contributed by atoms with Gasteiger partial charge in [-0.2, -0.15) is 0 Å². The highest BCUT2D eigenvalue weighted by Gasteiger charge is 2.52. The van der Waals surface area contributed by atoms with E-state index in [0.29, 0.717) is 32.5 Å². The molecule has 3 saturated heterocycles. The lowest BCUT2D eigenvalue weighted by atomic mass is 9.84. The van der Waals surface area contributed by atoms with Gasteiger partial charge < -0.3 is 15.5 Å². The topological polar surface area (TPSA) is 81.8 Å². The van der Waals surface area contributed by atoms with Gasteiger partial charge in [-0.15, -0.1) is 0 Å². The average Bonchev–Trinajstić information content (AvgIpc) is 3.40. The fraction of sp³-hybridized carbons (Fsp3) is 0.591. The van der Waals surface area contributed by atoms with Crippen molar-refractivity contribution < 1.29 is 14.4 Å². The van der Waals surface area contributed by atoms with Crippen molar-refractivity contribution in [2.24, 2.45) is 5.41 Å². The predicted molar refractivity (Wildman–Crippen MR) is 109 cm³/mol. The van der Waals surface area contributed by atoms with Crippen molar-refractivity contribution in [2.45, 2.75) is 44.7 Å². The highest BCUT2D eigenvalue weighted by molar-refractivity contribution is 5.94. The van der Waals surface area contributed by atoms with Crippen LogP contribution in [-0.2, 0) is 20.9 Å². The molecule has 0 aromatic heterocycles. The number of nitrogens with one attached hydrogen (secondary N) is 2. The third-order valence-corrected chi connectivity index (χ3v) is 6.46. The van der Waals surface area contributed by atoms with E-state index in [4.69, 9.17) is 0 Å². The highest BCUT2D eigenvalue weighted by Crippen LogP contribution is 2.40. The first kappa shape index (κ1) is 19.9. The smallest absolute Gasteiger partial charge is 0.242 e. The van der Waals surface area contributed by atoms with Crippen molar-refractivity contribution in [3.05, 3.63) is 35.9 Å². The summed E-state index contributed by atoms with van der Waals surface area (Å²) in [5.41, 5.74) is 0.799. The Bertz CT molecular complexity index is 769. The van der Waals surface area contributed by atoms with Crippen LogP contribution < -0.4 is 10.6 Å². The van der Waals surface area contributed by atoms with Gasteiger partial charge in [0.2, 0.25) is 17.7 Å². The maximum Gasteiger partial charge on any atom is 0.242 e. The van der Waals surface area contributed by atoms with E-state index in [-0.39, 0.29) is 17.7 Å². The Morgan fingerprint density at radius 1 is 1.21 bits per heavy atom. The molecule has 29 heavy (non-hydrogen) atoms. The molecule has 3 fully saturated rings. The minimum Gasteiger partial charge on any atom is -0.354 e. The molecule has 1 spiro atoms.